The van der Waals surface area contributed by atoms with E-state index in [1.807, 2.05) is 6.92 Å². The highest BCUT2D eigenvalue weighted by atomic mass is 16.3. The quantitative estimate of drug-likeness (QED) is 0.883. The second-order valence-electron chi connectivity index (χ2n) is 7.65. The van der Waals surface area contributed by atoms with Crippen molar-refractivity contribution >= 4 is 22.4 Å². The first-order valence-electron chi connectivity index (χ1n) is 9.44. The molecule has 0 saturated heterocycles. The van der Waals surface area contributed by atoms with E-state index in [-0.39, 0.29) is 24.5 Å². The number of fused-ring (bicyclic) bond motifs is 2. The monoisotopic (exact) mass is 353 g/mol. The van der Waals surface area contributed by atoms with E-state index in [4.69, 9.17) is 0 Å². The van der Waals surface area contributed by atoms with Gasteiger partial charge in [-0.1, -0.05) is 25.1 Å². The number of aliphatic hydroxyl groups excluding tert-OH is 1. The summed E-state index contributed by atoms with van der Waals surface area (Å²) >= 11 is 0. The Balaban J connectivity index is 1.74. The zero-order chi connectivity index (χ0) is 18.4. The summed E-state index contributed by atoms with van der Waals surface area (Å²) in [7, 11) is 4.20. The first-order valence-corrected chi connectivity index (χ1v) is 9.44. The number of nitrogens with one attached hydrogen (secondary N) is 1. The Hall–Kier alpha value is -2.11. The van der Waals surface area contributed by atoms with E-state index in [0.29, 0.717) is 12.6 Å². The molecule has 3 atom stereocenters. The molecule has 2 aromatic rings. The number of likely N-dealkylation sites (N-methyl/N-ethyl adjacent to an activating group) is 1. The van der Waals surface area contributed by atoms with Gasteiger partial charge in [0.05, 0.1) is 18.6 Å². The van der Waals surface area contributed by atoms with Gasteiger partial charge in [0.25, 0.3) is 0 Å². The van der Waals surface area contributed by atoms with E-state index in [1.54, 1.807) is 0 Å². The molecule has 26 heavy (non-hydrogen) atoms. The number of rotatable bonds is 4. The Morgan fingerprint density at radius 1 is 1.38 bits per heavy atom. The Morgan fingerprint density at radius 3 is 2.92 bits per heavy atom. The van der Waals surface area contributed by atoms with Crippen LogP contribution in [0.15, 0.2) is 30.5 Å². The van der Waals surface area contributed by atoms with Crippen LogP contribution in [0.1, 0.15) is 24.5 Å². The van der Waals surface area contributed by atoms with Crippen LogP contribution in [0.2, 0.25) is 0 Å². The number of benzene rings is 1. The molecule has 0 spiro atoms. The molecule has 138 valence electrons. The number of nitrogens with zero attached hydrogens (tertiary/aromatic N) is 2. The minimum atomic E-state index is -0.188. The largest absolute Gasteiger partial charge is 0.394 e. The number of aryl methyl sites for hydroxylation is 1. The van der Waals surface area contributed by atoms with Crippen LogP contribution in [0.25, 0.3) is 16.5 Å². The molecule has 0 saturated carbocycles. The Bertz CT molecular complexity index is 879. The molecule has 1 aromatic carbocycles. The lowest BCUT2D eigenvalue weighted by Gasteiger charge is -2.39. The average Bonchev–Trinajstić information content (AvgIpc) is 2.97. The van der Waals surface area contributed by atoms with E-state index in [0.717, 1.165) is 12.8 Å². The van der Waals surface area contributed by atoms with Gasteiger partial charge in [-0.15, -0.1) is 0 Å². The van der Waals surface area contributed by atoms with Crippen molar-refractivity contribution in [1.82, 2.24) is 14.8 Å². The summed E-state index contributed by atoms with van der Waals surface area (Å²) in [6.45, 7) is 2.66. The van der Waals surface area contributed by atoms with E-state index in [1.165, 1.54) is 27.6 Å². The molecule has 0 bridgehead atoms. The summed E-state index contributed by atoms with van der Waals surface area (Å²) in [5, 5.41) is 13.7. The van der Waals surface area contributed by atoms with Crippen molar-refractivity contribution in [3.05, 3.63) is 41.6 Å². The second-order valence-corrected chi connectivity index (χ2v) is 7.65. The van der Waals surface area contributed by atoms with Gasteiger partial charge in [0.2, 0.25) is 5.91 Å². The third-order valence-corrected chi connectivity index (χ3v) is 5.97. The fourth-order valence-corrected chi connectivity index (χ4v) is 4.48. The van der Waals surface area contributed by atoms with Crippen LogP contribution in [0.4, 0.5) is 0 Å². The molecule has 1 aromatic heterocycles. The molecule has 4 rings (SSSR count). The molecule has 0 radical (unpaired) electrons. The molecular weight excluding hydrogens is 326 g/mol. The maximum Gasteiger partial charge on any atom is 0.228 e. The molecule has 2 heterocycles. The molecule has 0 fully saturated rings. The zero-order valence-corrected chi connectivity index (χ0v) is 15.7. The van der Waals surface area contributed by atoms with Gasteiger partial charge < -0.3 is 15.0 Å². The van der Waals surface area contributed by atoms with E-state index in [9.17, 15) is 9.90 Å². The first-order chi connectivity index (χ1) is 12.5. The molecule has 2 N–H and O–H groups in total. The fourth-order valence-electron chi connectivity index (χ4n) is 4.48. The van der Waals surface area contributed by atoms with Gasteiger partial charge >= 0.3 is 0 Å². The van der Waals surface area contributed by atoms with Gasteiger partial charge in [-0.3, -0.25) is 9.69 Å². The molecule has 1 aliphatic heterocycles. The molecular formula is C21H27N3O2. The number of aromatic nitrogens is 1. The summed E-state index contributed by atoms with van der Waals surface area (Å²) in [6, 6.07) is 6.60. The smallest absolute Gasteiger partial charge is 0.228 e. The Morgan fingerprint density at radius 2 is 2.19 bits per heavy atom. The van der Waals surface area contributed by atoms with Crippen LogP contribution in [0, 0.1) is 5.92 Å². The molecule has 2 aliphatic rings. The van der Waals surface area contributed by atoms with Crippen molar-refractivity contribution in [1.29, 1.82) is 0 Å². The van der Waals surface area contributed by atoms with Crippen molar-refractivity contribution in [2.24, 2.45) is 13.0 Å². The number of carbonyl (C=O) groups excluding carboxylic acids is 1. The highest BCUT2D eigenvalue weighted by Crippen LogP contribution is 2.41. The number of amides is 1. The highest BCUT2D eigenvalue weighted by molar-refractivity contribution is 5.99. The van der Waals surface area contributed by atoms with Gasteiger partial charge in [-0.25, -0.2) is 0 Å². The normalized spacial score (nSPS) is 23.5. The molecule has 5 nitrogen and oxygen atoms in total. The van der Waals surface area contributed by atoms with Gasteiger partial charge in [0.1, 0.15) is 0 Å². The predicted molar refractivity (Wildman–Crippen MR) is 104 cm³/mol. The van der Waals surface area contributed by atoms with Crippen LogP contribution in [-0.4, -0.2) is 52.8 Å². The molecule has 1 aliphatic carbocycles. The number of hydrogen-bond acceptors (Lipinski definition) is 3. The Labute approximate surface area is 154 Å². The van der Waals surface area contributed by atoms with Crippen LogP contribution in [0.3, 0.4) is 0 Å². The van der Waals surface area contributed by atoms with Crippen LogP contribution in [0.5, 0.6) is 0 Å². The minimum absolute atomic E-state index is 0.00901. The van der Waals surface area contributed by atoms with Gasteiger partial charge in [-0.2, -0.15) is 0 Å². The SMILES string of the molecule is CCC(CO)NC(=O)C1C=C2c3cccc4c3c(cn4C)C[C@H]2N(C)C1. The lowest BCUT2D eigenvalue weighted by molar-refractivity contribution is -0.125. The topological polar surface area (TPSA) is 57.5 Å². The maximum absolute atomic E-state index is 12.7. The van der Waals surface area contributed by atoms with Crippen molar-refractivity contribution in [2.45, 2.75) is 31.8 Å². The number of carbonyl (C=O) groups is 1. The zero-order valence-electron chi connectivity index (χ0n) is 15.7. The summed E-state index contributed by atoms with van der Waals surface area (Å²) < 4.78 is 2.20. The maximum atomic E-state index is 12.7. The summed E-state index contributed by atoms with van der Waals surface area (Å²) in [5.41, 5.74) is 5.16. The van der Waals surface area contributed by atoms with E-state index in [2.05, 4.69) is 59.4 Å². The molecule has 2 unspecified atom stereocenters. The van der Waals surface area contributed by atoms with E-state index >= 15 is 0 Å². The lowest BCUT2D eigenvalue weighted by Crippen LogP contribution is -2.48. The van der Waals surface area contributed by atoms with Crippen molar-refractivity contribution in [3.63, 3.8) is 0 Å². The van der Waals surface area contributed by atoms with Crippen molar-refractivity contribution in [3.8, 4) is 0 Å². The molecule has 1 amide bonds. The van der Waals surface area contributed by atoms with Gasteiger partial charge in [-0.05, 0) is 42.7 Å². The van der Waals surface area contributed by atoms with Crippen LogP contribution >= 0.6 is 0 Å². The highest BCUT2D eigenvalue weighted by Gasteiger charge is 2.36. The first kappa shape index (κ1) is 17.3. The standard InChI is InChI=1S/C21H27N3O2/c1-4-15(12-25)22-21(26)14-8-17-16-6-5-7-18-20(16)13(10-23(18)2)9-19(17)24(3)11-14/h5-8,10,14-15,19,25H,4,9,11-12H2,1-3H3,(H,22,26)/t14?,15?,19-/m1/s1. The summed E-state index contributed by atoms with van der Waals surface area (Å²) in [4.78, 5) is 15.0. The number of aliphatic hydroxyl groups is 1. The fraction of sp³-hybridized carbons (Fsp3) is 0.476. The summed E-state index contributed by atoms with van der Waals surface area (Å²) in [5.74, 6) is -0.179. The van der Waals surface area contributed by atoms with Gasteiger partial charge in [0.15, 0.2) is 0 Å². The average molecular weight is 353 g/mol. The van der Waals surface area contributed by atoms with Crippen molar-refractivity contribution < 1.29 is 9.90 Å². The van der Waals surface area contributed by atoms with Crippen LogP contribution < -0.4 is 5.32 Å². The minimum Gasteiger partial charge on any atom is -0.394 e. The Kier molecular flexibility index (Phi) is 4.37. The van der Waals surface area contributed by atoms with E-state index < -0.39 is 0 Å². The lowest BCUT2D eigenvalue weighted by atomic mass is 9.80. The van der Waals surface area contributed by atoms with Crippen LogP contribution in [-0.2, 0) is 18.3 Å². The second kappa shape index (κ2) is 6.56. The van der Waals surface area contributed by atoms with Gasteiger partial charge in [0, 0.05) is 36.7 Å². The van der Waals surface area contributed by atoms with Crippen molar-refractivity contribution in [2.75, 3.05) is 20.2 Å². The molecule has 5 heteroatoms. The summed E-state index contributed by atoms with van der Waals surface area (Å²) in [6.07, 6.45) is 6.12. The third-order valence-electron chi connectivity index (χ3n) is 5.97. The predicted octanol–water partition coefficient (Wildman–Crippen LogP) is 1.94. The number of hydrogen-bond donors (Lipinski definition) is 2. The third kappa shape index (κ3) is 2.66.